The van der Waals surface area contributed by atoms with E-state index in [1.807, 2.05) is 6.07 Å². The highest BCUT2D eigenvalue weighted by molar-refractivity contribution is 7.89. The van der Waals surface area contributed by atoms with Crippen LogP contribution in [0.4, 0.5) is 11.4 Å². The van der Waals surface area contributed by atoms with E-state index >= 15 is 0 Å². The number of rotatable bonds is 7. The lowest BCUT2D eigenvalue weighted by atomic mass is 10.2. The summed E-state index contributed by atoms with van der Waals surface area (Å²) in [6, 6.07) is 7.66. The molecule has 11 heteroatoms. The van der Waals surface area contributed by atoms with Gasteiger partial charge >= 0.3 is 0 Å². The van der Waals surface area contributed by atoms with Crippen molar-refractivity contribution in [2.75, 3.05) is 18.4 Å². The SMILES string of the molecule is O=[N+]([O-])c1cc(S(=O)(=O)N2CCCCCC2)ccc1NCc1cccnc1-n1ccnc1. The van der Waals surface area contributed by atoms with Crippen molar-refractivity contribution in [1.82, 2.24) is 18.8 Å². The first kappa shape index (κ1) is 21.9. The minimum absolute atomic E-state index is 0.0582. The van der Waals surface area contributed by atoms with Crippen LogP contribution in [0.5, 0.6) is 0 Å². The summed E-state index contributed by atoms with van der Waals surface area (Å²) in [4.78, 5) is 19.5. The largest absolute Gasteiger partial charge is 0.375 e. The number of imidazole rings is 1. The molecule has 3 aromatic rings. The quantitative estimate of drug-likeness (QED) is 0.427. The van der Waals surface area contributed by atoms with Gasteiger partial charge in [-0.25, -0.2) is 18.4 Å². The average Bonchev–Trinajstić information content (AvgIpc) is 3.18. The van der Waals surface area contributed by atoms with Gasteiger partial charge in [-0.2, -0.15) is 4.31 Å². The van der Waals surface area contributed by atoms with Crippen molar-refractivity contribution in [2.24, 2.45) is 0 Å². The van der Waals surface area contributed by atoms with Gasteiger partial charge < -0.3 is 5.32 Å². The highest BCUT2D eigenvalue weighted by Gasteiger charge is 2.28. The van der Waals surface area contributed by atoms with E-state index in [2.05, 4.69) is 15.3 Å². The molecule has 1 aliphatic heterocycles. The zero-order chi connectivity index (χ0) is 22.6. The highest BCUT2D eigenvalue weighted by atomic mass is 32.2. The summed E-state index contributed by atoms with van der Waals surface area (Å²) in [6.07, 6.45) is 10.3. The Balaban J connectivity index is 1.59. The fourth-order valence-corrected chi connectivity index (χ4v) is 5.32. The lowest BCUT2D eigenvalue weighted by Crippen LogP contribution is -2.32. The second-order valence-corrected chi connectivity index (χ2v) is 9.50. The van der Waals surface area contributed by atoms with Crippen molar-refractivity contribution in [3.63, 3.8) is 0 Å². The summed E-state index contributed by atoms with van der Waals surface area (Å²) in [7, 11) is -3.78. The predicted octanol–water partition coefficient (Wildman–Crippen LogP) is 3.35. The fourth-order valence-electron chi connectivity index (χ4n) is 3.78. The maximum atomic E-state index is 13.0. The van der Waals surface area contributed by atoms with Crippen LogP contribution in [0.1, 0.15) is 31.2 Å². The molecular weight excluding hydrogens is 432 g/mol. The number of nitro benzene ring substituents is 1. The molecule has 1 fully saturated rings. The second-order valence-electron chi connectivity index (χ2n) is 7.56. The third-order valence-corrected chi connectivity index (χ3v) is 7.35. The summed E-state index contributed by atoms with van der Waals surface area (Å²) in [5.41, 5.74) is 0.764. The Morgan fingerprint density at radius 2 is 1.88 bits per heavy atom. The number of nitro groups is 1. The maximum Gasteiger partial charge on any atom is 0.293 e. The molecule has 1 N–H and O–H groups in total. The Bertz CT molecular complexity index is 1190. The molecule has 1 saturated heterocycles. The van der Waals surface area contributed by atoms with Gasteiger partial charge in [-0.3, -0.25) is 14.7 Å². The Morgan fingerprint density at radius 3 is 2.56 bits per heavy atom. The van der Waals surface area contributed by atoms with E-state index < -0.39 is 14.9 Å². The molecule has 1 aromatic carbocycles. The Hall–Kier alpha value is -3.31. The van der Waals surface area contributed by atoms with Gasteiger partial charge in [0.2, 0.25) is 10.0 Å². The Kier molecular flexibility index (Phi) is 6.47. The van der Waals surface area contributed by atoms with Crippen LogP contribution in [-0.2, 0) is 16.6 Å². The van der Waals surface area contributed by atoms with Crippen LogP contribution in [0.25, 0.3) is 5.82 Å². The standard InChI is InChI=1S/C21H24N6O4S/c28-27(29)20-14-18(32(30,31)26-11-3-1-2-4-12-26)7-8-19(20)24-15-17-6-5-9-23-21(17)25-13-10-22-16-25/h5-10,13-14,16,24H,1-4,11-12,15H2. The topological polar surface area (TPSA) is 123 Å². The number of nitrogens with zero attached hydrogens (tertiary/aromatic N) is 5. The lowest BCUT2D eigenvalue weighted by molar-refractivity contribution is -0.384. The third-order valence-electron chi connectivity index (χ3n) is 5.45. The van der Waals surface area contributed by atoms with Crippen LogP contribution in [0.2, 0.25) is 0 Å². The van der Waals surface area contributed by atoms with Crippen LogP contribution in [-0.4, -0.2) is 45.3 Å². The Morgan fingerprint density at radius 1 is 1.09 bits per heavy atom. The molecule has 0 radical (unpaired) electrons. The van der Waals surface area contributed by atoms with E-state index in [-0.39, 0.29) is 22.8 Å². The Labute approximate surface area is 186 Å². The molecule has 0 bridgehead atoms. The van der Waals surface area contributed by atoms with Crippen LogP contribution in [0, 0.1) is 10.1 Å². The highest BCUT2D eigenvalue weighted by Crippen LogP contribution is 2.30. The maximum absolute atomic E-state index is 13.0. The second kappa shape index (κ2) is 9.45. The first-order valence-corrected chi connectivity index (χ1v) is 11.9. The molecule has 0 spiro atoms. The number of nitrogens with one attached hydrogen (secondary N) is 1. The van der Waals surface area contributed by atoms with Gasteiger partial charge in [0.25, 0.3) is 5.69 Å². The summed E-state index contributed by atoms with van der Waals surface area (Å²) in [6.45, 7) is 1.14. The van der Waals surface area contributed by atoms with Gasteiger partial charge in [0.1, 0.15) is 17.8 Å². The monoisotopic (exact) mass is 456 g/mol. The van der Waals surface area contributed by atoms with E-state index in [0.717, 1.165) is 37.3 Å². The molecule has 1 aliphatic rings. The molecule has 0 atom stereocenters. The smallest absolute Gasteiger partial charge is 0.293 e. The zero-order valence-corrected chi connectivity index (χ0v) is 18.2. The molecule has 168 valence electrons. The molecule has 0 aliphatic carbocycles. The van der Waals surface area contributed by atoms with Crippen LogP contribution >= 0.6 is 0 Å². The normalized spacial score (nSPS) is 15.2. The number of hydrogen-bond acceptors (Lipinski definition) is 7. The van der Waals surface area contributed by atoms with E-state index in [1.165, 1.54) is 16.4 Å². The molecule has 2 aromatic heterocycles. The van der Waals surface area contributed by atoms with Gasteiger partial charge in [0.15, 0.2) is 0 Å². The van der Waals surface area contributed by atoms with Crippen molar-refractivity contribution >= 4 is 21.4 Å². The molecule has 0 amide bonds. The van der Waals surface area contributed by atoms with Crippen molar-refractivity contribution in [3.8, 4) is 5.82 Å². The van der Waals surface area contributed by atoms with Crippen molar-refractivity contribution in [3.05, 3.63) is 70.9 Å². The molecule has 4 rings (SSSR count). The van der Waals surface area contributed by atoms with Crippen molar-refractivity contribution in [1.29, 1.82) is 0 Å². The number of benzene rings is 1. The number of aromatic nitrogens is 3. The minimum atomic E-state index is -3.78. The number of pyridine rings is 1. The van der Waals surface area contributed by atoms with Crippen LogP contribution in [0.15, 0.2) is 60.1 Å². The first-order valence-electron chi connectivity index (χ1n) is 10.4. The van der Waals surface area contributed by atoms with Gasteiger partial charge in [0.05, 0.1) is 9.82 Å². The number of sulfonamides is 1. The lowest BCUT2D eigenvalue weighted by Gasteiger charge is -2.20. The third kappa shape index (κ3) is 4.63. The van der Waals surface area contributed by atoms with E-state index in [1.54, 1.807) is 35.6 Å². The molecule has 0 saturated carbocycles. The van der Waals surface area contributed by atoms with E-state index in [4.69, 9.17) is 0 Å². The van der Waals surface area contributed by atoms with Gasteiger partial charge in [-0.05, 0) is 31.0 Å². The predicted molar refractivity (Wildman–Crippen MR) is 119 cm³/mol. The molecule has 3 heterocycles. The summed E-state index contributed by atoms with van der Waals surface area (Å²) >= 11 is 0. The summed E-state index contributed by atoms with van der Waals surface area (Å²) < 4.78 is 29.3. The van der Waals surface area contributed by atoms with Crippen LogP contribution < -0.4 is 5.32 Å². The fraction of sp³-hybridized carbons (Fsp3) is 0.333. The molecular formula is C21H24N6O4S. The summed E-state index contributed by atoms with van der Waals surface area (Å²) in [5, 5.41) is 14.8. The summed E-state index contributed by atoms with van der Waals surface area (Å²) in [5.74, 6) is 0.653. The van der Waals surface area contributed by atoms with Gasteiger partial charge in [0, 0.05) is 49.9 Å². The minimum Gasteiger partial charge on any atom is -0.375 e. The van der Waals surface area contributed by atoms with Crippen molar-refractivity contribution < 1.29 is 13.3 Å². The molecule has 32 heavy (non-hydrogen) atoms. The molecule has 10 nitrogen and oxygen atoms in total. The number of hydrogen-bond donors (Lipinski definition) is 1. The van der Waals surface area contributed by atoms with Gasteiger partial charge in [-0.15, -0.1) is 0 Å². The van der Waals surface area contributed by atoms with E-state index in [0.29, 0.717) is 18.9 Å². The van der Waals surface area contributed by atoms with E-state index in [9.17, 15) is 18.5 Å². The zero-order valence-electron chi connectivity index (χ0n) is 17.4. The van der Waals surface area contributed by atoms with Crippen LogP contribution in [0.3, 0.4) is 0 Å². The first-order chi connectivity index (χ1) is 15.5. The number of anilines is 1. The van der Waals surface area contributed by atoms with Crippen molar-refractivity contribution in [2.45, 2.75) is 37.1 Å². The average molecular weight is 457 g/mol. The van der Waals surface area contributed by atoms with Gasteiger partial charge in [-0.1, -0.05) is 18.9 Å². The molecule has 0 unspecified atom stereocenters.